The number of carbonyl (C=O) groups excluding carboxylic acids is 1. The maximum Gasteiger partial charge on any atom is 0.266 e. The number of carbonyl (C=O) groups is 1. The molecule has 31 heavy (non-hydrogen) atoms. The third-order valence-electron chi connectivity index (χ3n) is 5.23. The average molecular weight is 455 g/mol. The van der Waals surface area contributed by atoms with E-state index in [-0.39, 0.29) is 10.5 Å². The summed E-state index contributed by atoms with van der Waals surface area (Å²) >= 11 is 1.12. The van der Waals surface area contributed by atoms with Crippen LogP contribution in [0.3, 0.4) is 0 Å². The molecule has 1 aromatic carbocycles. The zero-order valence-corrected chi connectivity index (χ0v) is 17.9. The van der Waals surface area contributed by atoms with Gasteiger partial charge in [-0.3, -0.25) is 14.0 Å². The third kappa shape index (κ3) is 3.52. The first-order chi connectivity index (χ1) is 14.9. The van der Waals surface area contributed by atoms with Crippen molar-refractivity contribution in [2.24, 2.45) is 0 Å². The quantitative estimate of drug-likeness (QED) is 0.511. The first kappa shape index (κ1) is 19.9. The van der Waals surface area contributed by atoms with Crippen LogP contribution in [0, 0.1) is 0 Å². The fraction of sp³-hybridized carbons (Fsp3) is 0.190. The zero-order chi connectivity index (χ0) is 21.6. The molecule has 0 bridgehead atoms. The van der Waals surface area contributed by atoms with E-state index in [1.807, 2.05) is 0 Å². The van der Waals surface area contributed by atoms with Crippen LogP contribution in [0.5, 0.6) is 0 Å². The number of fused-ring (bicyclic) bond motifs is 2. The summed E-state index contributed by atoms with van der Waals surface area (Å²) in [4.78, 5) is 30.9. The van der Waals surface area contributed by atoms with E-state index in [2.05, 4.69) is 10.3 Å². The van der Waals surface area contributed by atoms with Gasteiger partial charge in [-0.1, -0.05) is 12.1 Å². The molecule has 1 fully saturated rings. The fourth-order valence-corrected chi connectivity index (χ4v) is 6.15. The number of hydrogen-bond donors (Lipinski definition) is 1. The Bertz CT molecular complexity index is 1480. The van der Waals surface area contributed by atoms with Crippen molar-refractivity contribution in [1.29, 1.82) is 0 Å². The third-order valence-corrected chi connectivity index (χ3v) is 8.16. The van der Waals surface area contributed by atoms with Gasteiger partial charge in [0, 0.05) is 25.0 Å². The van der Waals surface area contributed by atoms with Crippen molar-refractivity contribution in [1.82, 2.24) is 13.7 Å². The van der Waals surface area contributed by atoms with Gasteiger partial charge in [0.2, 0.25) is 10.0 Å². The number of benzene rings is 1. The minimum Gasteiger partial charge on any atom is -0.321 e. The highest BCUT2D eigenvalue weighted by Crippen LogP contribution is 2.25. The lowest BCUT2D eigenvalue weighted by molar-refractivity contribution is 0.103. The molecular formula is C21H18N4O4S2. The summed E-state index contributed by atoms with van der Waals surface area (Å²) in [5.41, 5.74) is 0.640. The lowest BCUT2D eigenvalue weighted by atomic mass is 10.3. The average Bonchev–Trinajstić information content (AvgIpc) is 3.45. The van der Waals surface area contributed by atoms with Crippen molar-refractivity contribution in [3.05, 3.63) is 70.0 Å². The number of amides is 1. The van der Waals surface area contributed by atoms with Gasteiger partial charge in [0.25, 0.3) is 11.5 Å². The molecule has 1 aliphatic rings. The summed E-state index contributed by atoms with van der Waals surface area (Å²) in [6.07, 6.45) is 3.34. The molecule has 8 nitrogen and oxygen atoms in total. The van der Waals surface area contributed by atoms with Gasteiger partial charge in [-0.25, -0.2) is 13.4 Å². The van der Waals surface area contributed by atoms with Gasteiger partial charge in [0.05, 0.1) is 15.2 Å². The zero-order valence-electron chi connectivity index (χ0n) is 16.3. The molecule has 4 heterocycles. The molecule has 0 unspecified atom stereocenters. The van der Waals surface area contributed by atoms with Crippen molar-refractivity contribution in [3.8, 4) is 0 Å². The SMILES string of the molecule is O=C(Nc1cccc(S(=O)(=O)N2CCCC2)c1)c1cc2c(=O)n3ccccc3nc2s1. The minimum atomic E-state index is -3.58. The van der Waals surface area contributed by atoms with Crippen LogP contribution in [0.25, 0.3) is 15.9 Å². The molecule has 10 heteroatoms. The Morgan fingerprint density at radius 3 is 2.68 bits per heavy atom. The first-order valence-corrected chi connectivity index (χ1v) is 12.0. The van der Waals surface area contributed by atoms with E-state index in [4.69, 9.17) is 0 Å². The Hall–Kier alpha value is -3.08. The molecule has 1 amide bonds. The van der Waals surface area contributed by atoms with Crippen molar-refractivity contribution < 1.29 is 13.2 Å². The summed E-state index contributed by atoms with van der Waals surface area (Å²) in [6, 6.07) is 13.0. The van der Waals surface area contributed by atoms with Crippen molar-refractivity contribution >= 4 is 48.8 Å². The Balaban J connectivity index is 1.45. The molecule has 158 valence electrons. The van der Waals surface area contributed by atoms with Gasteiger partial charge in [-0.05, 0) is 49.2 Å². The van der Waals surface area contributed by atoms with E-state index < -0.39 is 15.9 Å². The first-order valence-electron chi connectivity index (χ1n) is 9.76. The Morgan fingerprint density at radius 1 is 1.06 bits per heavy atom. The van der Waals surface area contributed by atoms with Crippen LogP contribution in [-0.2, 0) is 10.0 Å². The van der Waals surface area contributed by atoms with Gasteiger partial charge < -0.3 is 5.32 Å². The fourth-order valence-electron chi connectivity index (χ4n) is 3.66. The van der Waals surface area contributed by atoms with Crippen molar-refractivity contribution in [3.63, 3.8) is 0 Å². The summed E-state index contributed by atoms with van der Waals surface area (Å²) in [5.74, 6) is -0.424. The van der Waals surface area contributed by atoms with Crippen LogP contribution in [0.2, 0.25) is 0 Å². The van der Waals surface area contributed by atoms with Crippen molar-refractivity contribution in [2.45, 2.75) is 17.7 Å². The van der Waals surface area contributed by atoms with Crippen LogP contribution in [-0.4, -0.2) is 41.1 Å². The lowest BCUT2D eigenvalue weighted by Gasteiger charge is -2.16. The highest BCUT2D eigenvalue weighted by atomic mass is 32.2. The number of hydrogen-bond acceptors (Lipinski definition) is 6. The number of aromatic nitrogens is 2. The van der Waals surface area contributed by atoms with Crippen molar-refractivity contribution in [2.75, 3.05) is 18.4 Å². The molecule has 1 aliphatic heterocycles. The van der Waals surface area contributed by atoms with E-state index in [0.29, 0.717) is 39.5 Å². The molecule has 1 saturated heterocycles. The van der Waals surface area contributed by atoms with Gasteiger partial charge in [-0.15, -0.1) is 11.3 Å². The predicted molar refractivity (Wildman–Crippen MR) is 119 cm³/mol. The van der Waals surface area contributed by atoms with Gasteiger partial charge >= 0.3 is 0 Å². The summed E-state index contributed by atoms with van der Waals surface area (Å²) in [7, 11) is -3.58. The topological polar surface area (TPSA) is 101 Å². The highest BCUT2D eigenvalue weighted by Gasteiger charge is 2.27. The highest BCUT2D eigenvalue weighted by molar-refractivity contribution is 7.89. The second kappa shape index (κ2) is 7.56. The van der Waals surface area contributed by atoms with Crippen LogP contribution in [0.15, 0.2) is 64.4 Å². The summed E-state index contributed by atoms with van der Waals surface area (Å²) < 4.78 is 28.5. The molecule has 0 atom stereocenters. The normalized spacial score (nSPS) is 15.0. The Labute approximate surface area is 181 Å². The monoisotopic (exact) mass is 454 g/mol. The number of rotatable bonds is 4. The number of nitrogens with zero attached hydrogens (tertiary/aromatic N) is 3. The van der Waals surface area contributed by atoms with E-state index in [9.17, 15) is 18.0 Å². The second-order valence-corrected chi connectivity index (χ2v) is 10.2. The van der Waals surface area contributed by atoms with E-state index in [1.54, 1.807) is 36.5 Å². The molecular weight excluding hydrogens is 436 g/mol. The Morgan fingerprint density at radius 2 is 1.87 bits per heavy atom. The molecule has 1 N–H and O–H groups in total. The lowest BCUT2D eigenvalue weighted by Crippen LogP contribution is -2.27. The molecule has 5 rings (SSSR count). The van der Waals surface area contributed by atoms with Gasteiger partial charge in [0.15, 0.2) is 0 Å². The molecule has 0 saturated carbocycles. The largest absolute Gasteiger partial charge is 0.321 e. The molecule has 4 aromatic rings. The smallest absolute Gasteiger partial charge is 0.266 e. The number of anilines is 1. The van der Waals surface area contributed by atoms with Gasteiger partial charge in [-0.2, -0.15) is 4.31 Å². The van der Waals surface area contributed by atoms with E-state index in [1.165, 1.54) is 26.9 Å². The van der Waals surface area contributed by atoms with E-state index in [0.717, 1.165) is 24.2 Å². The Kier molecular flexibility index (Phi) is 4.84. The van der Waals surface area contributed by atoms with Crippen LogP contribution in [0.1, 0.15) is 22.5 Å². The molecule has 3 aromatic heterocycles. The standard InChI is InChI=1S/C21H18N4O4S2/c26-19(17-13-16-20(30-17)23-18-8-1-2-11-25(18)21(16)27)22-14-6-5-7-15(12-14)31(28,29)24-9-3-4-10-24/h1-2,5-8,11-13H,3-4,9-10H2,(H,22,26). The maximum absolute atomic E-state index is 12.8. The van der Waals surface area contributed by atoms with E-state index >= 15 is 0 Å². The van der Waals surface area contributed by atoms with Crippen LogP contribution >= 0.6 is 11.3 Å². The molecule has 0 spiro atoms. The predicted octanol–water partition coefficient (Wildman–Crippen LogP) is 2.95. The second-order valence-electron chi connectivity index (χ2n) is 7.27. The number of thiophene rings is 1. The number of pyridine rings is 1. The summed E-state index contributed by atoms with van der Waals surface area (Å²) in [5, 5.41) is 3.10. The molecule has 0 aliphatic carbocycles. The van der Waals surface area contributed by atoms with Gasteiger partial charge in [0.1, 0.15) is 10.5 Å². The number of nitrogens with one attached hydrogen (secondary N) is 1. The number of sulfonamides is 1. The maximum atomic E-state index is 12.8. The van der Waals surface area contributed by atoms with Crippen LogP contribution < -0.4 is 10.9 Å². The molecule has 0 radical (unpaired) electrons. The summed E-state index contributed by atoms with van der Waals surface area (Å²) in [6.45, 7) is 1.02. The van der Waals surface area contributed by atoms with Crippen LogP contribution in [0.4, 0.5) is 5.69 Å². The minimum absolute atomic E-state index is 0.148.